The summed E-state index contributed by atoms with van der Waals surface area (Å²) in [5.74, 6) is 0.886. The average molecular weight is 282 g/mol. The third-order valence-electron chi connectivity index (χ3n) is 4.82. The van der Waals surface area contributed by atoms with Crippen LogP contribution in [0.4, 0.5) is 0 Å². The minimum atomic E-state index is 0.509. The highest BCUT2D eigenvalue weighted by Crippen LogP contribution is 2.38. The molecular weight excluding hydrogens is 248 g/mol. The zero-order valence-electron chi connectivity index (χ0n) is 13.8. The molecule has 2 aliphatic rings. The fourth-order valence-electron chi connectivity index (χ4n) is 3.34. The molecule has 0 aromatic carbocycles. The topological polar surface area (TPSA) is 24.5 Å². The van der Waals surface area contributed by atoms with Crippen LogP contribution < -0.4 is 5.32 Å². The zero-order chi connectivity index (χ0) is 14.4. The third kappa shape index (κ3) is 5.71. The van der Waals surface area contributed by atoms with Gasteiger partial charge in [0.25, 0.3) is 0 Å². The fourth-order valence-corrected chi connectivity index (χ4v) is 3.34. The predicted octanol–water partition coefficient (Wildman–Crippen LogP) is 2.90. The van der Waals surface area contributed by atoms with E-state index in [1.165, 1.54) is 51.6 Å². The lowest BCUT2D eigenvalue weighted by molar-refractivity contribution is 0.0862. The van der Waals surface area contributed by atoms with Crippen LogP contribution in [0.25, 0.3) is 0 Å². The van der Waals surface area contributed by atoms with Crippen molar-refractivity contribution in [3.05, 3.63) is 0 Å². The molecule has 3 nitrogen and oxygen atoms in total. The van der Waals surface area contributed by atoms with Crippen molar-refractivity contribution in [2.24, 2.45) is 11.3 Å². The molecule has 0 unspecified atom stereocenters. The summed E-state index contributed by atoms with van der Waals surface area (Å²) >= 11 is 0. The van der Waals surface area contributed by atoms with E-state index in [0.29, 0.717) is 11.5 Å². The predicted molar refractivity (Wildman–Crippen MR) is 85.1 cm³/mol. The molecule has 0 saturated heterocycles. The first-order chi connectivity index (χ1) is 9.60. The average Bonchev–Trinajstić information content (AvgIpc) is 3.12. The molecule has 2 fully saturated rings. The van der Waals surface area contributed by atoms with Gasteiger partial charge in [0.1, 0.15) is 0 Å². The van der Waals surface area contributed by atoms with Crippen molar-refractivity contribution >= 4 is 0 Å². The first-order valence-corrected chi connectivity index (χ1v) is 8.59. The van der Waals surface area contributed by atoms with Crippen molar-refractivity contribution in [2.45, 2.75) is 58.4 Å². The van der Waals surface area contributed by atoms with Gasteiger partial charge >= 0.3 is 0 Å². The summed E-state index contributed by atoms with van der Waals surface area (Å²) < 4.78 is 5.77. The highest BCUT2D eigenvalue weighted by molar-refractivity contribution is 4.89. The normalized spacial score (nSPS) is 22.1. The van der Waals surface area contributed by atoms with E-state index in [1.807, 2.05) is 0 Å². The van der Waals surface area contributed by atoms with Crippen LogP contribution in [0, 0.1) is 11.3 Å². The largest absolute Gasteiger partial charge is 0.380 e. The SMILES string of the molecule is CC(C)NCC1(CN(C)CCOCC2CC2)CCCC1. The van der Waals surface area contributed by atoms with Crippen molar-refractivity contribution in [1.82, 2.24) is 10.2 Å². The molecule has 1 N–H and O–H groups in total. The maximum absolute atomic E-state index is 5.77. The molecule has 0 amide bonds. The molecule has 118 valence electrons. The van der Waals surface area contributed by atoms with E-state index in [4.69, 9.17) is 4.74 Å². The summed E-state index contributed by atoms with van der Waals surface area (Å²) in [6, 6.07) is 0.597. The van der Waals surface area contributed by atoms with E-state index in [2.05, 4.69) is 31.1 Å². The van der Waals surface area contributed by atoms with Crippen LogP contribution in [0.3, 0.4) is 0 Å². The Balaban J connectivity index is 1.66. The Kier molecular flexibility index (Phi) is 6.31. The summed E-state index contributed by atoms with van der Waals surface area (Å²) in [6.07, 6.45) is 8.37. The molecule has 0 bridgehead atoms. The zero-order valence-corrected chi connectivity index (χ0v) is 13.8. The Morgan fingerprint density at radius 1 is 1.25 bits per heavy atom. The smallest absolute Gasteiger partial charge is 0.0593 e. The lowest BCUT2D eigenvalue weighted by atomic mass is 9.85. The fraction of sp³-hybridized carbons (Fsp3) is 1.00. The number of hydrogen-bond donors (Lipinski definition) is 1. The van der Waals surface area contributed by atoms with Gasteiger partial charge in [-0.2, -0.15) is 0 Å². The van der Waals surface area contributed by atoms with Crippen LogP contribution in [0.15, 0.2) is 0 Å². The van der Waals surface area contributed by atoms with Gasteiger partial charge in [0, 0.05) is 32.3 Å². The minimum Gasteiger partial charge on any atom is -0.380 e. The number of hydrogen-bond acceptors (Lipinski definition) is 3. The van der Waals surface area contributed by atoms with E-state index < -0.39 is 0 Å². The van der Waals surface area contributed by atoms with Crippen molar-refractivity contribution in [3.63, 3.8) is 0 Å². The maximum Gasteiger partial charge on any atom is 0.0593 e. The van der Waals surface area contributed by atoms with Gasteiger partial charge in [0.2, 0.25) is 0 Å². The Labute approximate surface area is 125 Å². The standard InChI is InChI=1S/C17H34N2O/c1-15(2)18-13-17(8-4-5-9-17)14-19(3)10-11-20-12-16-6-7-16/h15-16,18H,4-14H2,1-3H3. The summed E-state index contributed by atoms with van der Waals surface area (Å²) in [7, 11) is 2.26. The second-order valence-electron chi connectivity index (χ2n) is 7.50. The summed E-state index contributed by atoms with van der Waals surface area (Å²) in [5, 5.41) is 3.67. The van der Waals surface area contributed by atoms with E-state index in [0.717, 1.165) is 25.7 Å². The Bertz CT molecular complexity index is 270. The lowest BCUT2D eigenvalue weighted by Gasteiger charge is -2.34. The minimum absolute atomic E-state index is 0.509. The highest BCUT2D eigenvalue weighted by atomic mass is 16.5. The monoisotopic (exact) mass is 282 g/mol. The van der Waals surface area contributed by atoms with Crippen LogP contribution in [0.2, 0.25) is 0 Å². The molecule has 3 heteroatoms. The Hall–Kier alpha value is -0.120. The van der Waals surface area contributed by atoms with E-state index >= 15 is 0 Å². The van der Waals surface area contributed by atoms with Gasteiger partial charge in [-0.05, 0) is 44.1 Å². The highest BCUT2D eigenvalue weighted by Gasteiger charge is 2.34. The van der Waals surface area contributed by atoms with E-state index in [-0.39, 0.29) is 0 Å². The molecule has 0 atom stereocenters. The number of nitrogens with one attached hydrogen (secondary N) is 1. The molecular formula is C17H34N2O. The number of ether oxygens (including phenoxy) is 1. The summed E-state index contributed by atoms with van der Waals surface area (Å²) in [4.78, 5) is 2.49. The van der Waals surface area contributed by atoms with Crippen molar-refractivity contribution in [3.8, 4) is 0 Å². The van der Waals surface area contributed by atoms with Gasteiger partial charge in [0.15, 0.2) is 0 Å². The number of nitrogens with zero attached hydrogens (tertiary/aromatic N) is 1. The molecule has 2 rings (SSSR count). The van der Waals surface area contributed by atoms with Crippen LogP contribution in [-0.2, 0) is 4.74 Å². The number of rotatable bonds is 10. The molecule has 0 spiro atoms. The van der Waals surface area contributed by atoms with Gasteiger partial charge in [-0.3, -0.25) is 0 Å². The number of likely N-dealkylation sites (N-methyl/N-ethyl adjacent to an activating group) is 1. The summed E-state index contributed by atoms with van der Waals surface area (Å²) in [6.45, 7) is 9.87. The molecule has 20 heavy (non-hydrogen) atoms. The first kappa shape index (κ1) is 16.3. The van der Waals surface area contributed by atoms with Gasteiger partial charge < -0.3 is 15.0 Å². The molecule has 0 aliphatic heterocycles. The van der Waals surface area contributed by atoms with Gasteiger partial charge in [-0.15, -0.1) is 0 Å². The third-order valence-corrected chi connectivity index (χ3v) is 4.82. The maximum atomic E-state index is 5.77. The Morgan fingerprint density at radius 3 is 2.55 bits per heavy atom. The molecule has 0 radical (unpaired) electrons. The van der Waals surface area contributed by atoms with Crippen molar-refractivity contribution in [2.75, 3.05) is 39.9 Å². The molecule has 0 aromatic heterocycles. The van der Waals surface area contributed by atoms with Gasteiger partial charge in [-0.25, -0.2) is 0 Å². The van der Waals surface area contributed by atoms with Crippen LogP contribution in [0.1, 0.15) is 52.4 Å². The lowest BCUT2D eigenvalue weighted by Crippen LogP contribution is -2.43. The van der Waals surface area contributed by atoms with E-state index in [9.17, 15) is 0 Å². The van der Waals surface area contributed by atoms with Crippen LogP contribution in [-0.4, -0.2) is 50.8 Å². The van der Waals surface area contributed by atoms with Gasteiger partial charge in [-0.1, -0.05) is 26.7 Å². The second kappa shape index (κ2) is 7.77. The molecule has 0 heterocycles. The molecule has 2 saturated carbocycles. The Morgan fingerprint density at radius 2 is 1.95 bits per heavy atom. The van der Waals surface area contributed by atoms with Crippen molar-refractivity contribution in [1.29, 1.82) is 0 Å². The first-order valence-electron chi connectivity index (χ1n) is 8.59. The summed E-state index contributed by atoms with van der Waals surface area (Å²) in [5.41, 5.74) is 0.509. The van der Waals surface area contributed by atoms with Gasteiger partial charge in [0.05, 0.1) is 6.61 Å². The molecule has 0 aromatic rings. The molecule has 2 aliphatic carbocycles. The van der Waals surface area contributed by atoms with Crippen LogP contribution in [0.5, 0.6) is 0 Å². The van der Waals surface area contributed by atoms with Crippen molar-refractivity contribution < 1.29 is 4.74 Å². The van der Waals surface area contributed by atoms with E-state index in [1.54, 1.807) is 0 Å². The quantitative estimate of drug-likeness (QED) is 0.624. The van der Waals surface area contributed by atoms with Crippen LogP contribution >= 0.6 is 0 Å². The second-order valence-corrected chi connectivity index (χ2v) is 7.50.